The molecule has 0 aliphatic heterocycles. The standard InChI is InChI=1S/C15H25NO/c1-5-11-16-12-10-15(2,3)13-6-8-14(17-4)9-7-13/h6-9,16H,5,10-12H2,1-4H3. The van der Waals surface area contributed by atoms with Crippen LogP contribution in [0.1, 0.15) is 39.2 Å². The minimum atomic E-state index is 0.215. The number of nitrogens with one attached hydrogen (secondary N) is 1. The number of rotatable bonds is 7. The van der Waals surface area contributed by atoms with Gasteiger partial charge in [-0.25, -0.2) is 0 Å². The first-order valence-electron chi connectivity index (χ1n) is 6.45. The van der Waals surface area contributed by atoms with Crippen LogP contribution in [0.15, 0.2) is 24.3 Å². The molecule has 1 aromatic carbocycles. The van der Waals surface area contributed by atoms with Crippen LogP contribution in [0.5, 0.6) is 5.75 Å². The number of ether oxygens (including phenoxy) is 1. The maximum atomic E-state index is 5.18. The van der Waals surface area contributed by atoms with Crippen molar-refractivity contribution < 1.29 is 4.74 Å². The molecule has 0 unspecified atom stereocenters. The van der Waals surface area contributed by atoms with E-state index < -0.39 is 0 Å². The summed E-state index contributed by atoms with van der Waals surface area (Å²) < 4.78 is 5.18. The molecular weight excluding hydrogens is 210 g/mol. The van der Waals surface area contributed by atoms with Crippen molar-refractivity contribution in [3.63, 3.8) is 0 Å². The molecule has 0 aromatic heterocycles. The number of methoxy groups -OCH3 is 1. The van der Waals surface area contributed by atoms with Gasteiger partial charge in [-0.15, -0.1) is 0 Å². The minimum Gasteiger partial charge on any atom is -0.497 e. The van der Waals surface area contributed by atoms with Crippen LogP contribution in [0.4, 0.5) is 0 Å². The van der Waals surface area contributed by atoms with Crippen molar-refractivity contribution in [2.45, 2.75) is 39.0 Å². The lowest BCUT2D eigenvalue weighted by atomic mass is 9.81. The van der Waals surface area contributed by atoms with Crippen molar-refractivity contribution in [1.82, 2.24) is 5.32 Å². The fraction of sp³-hybridized carbons (Fsp3) is 0.600. The van der Waals surface area contributed by atoms with Crippen molar-refractivity contribution >= 4 is 0 Å². The molecule has 17 heavy (non-hydrogen) atoms. The van der Waals surface area contributed by atoms with Gasteiger partial charge in [0.05, 0.1) is 7.11 Å². The third-order valence-corrected chi connectivity index (χ3v) is 3.23. The molecular formula is C15H25NO. The van der Waals surface area contributed by atoms with E-state index in [9.17, 15) is 0 Å². The molecule has 0 heterocycles. The van der Waals surface area contributed by atoms with Gasteiger partial charge in [-0.05, 0) is 49.0 Å². The van der Waals surface area contributed by atoms with E-state index in [4.69, 9.17) is 4.74 Å². The van der Waals surface area contributed by atoms with Crippen molar-refractivity contribution in [1.29, 1.82) is 0 Å². The molecule has 0 spiro atoms. The molecule has 0 aliphatic rings. The Labute approximate surface area is 105 Å². The summed E-state index contributed by atoms with van der Waals surface area (Å²) in [5, 5.41) is 3.46. The SMILES string of the molecule is CCCNCCC(C)(C)c1ccc(OC)cc1. The van der Waals surface area contributed by atoms with Crippen LogP contribution >= 0.6 is 0 Å². The zero-order valence-electron chi connectivity index (χ0n) is 11.5. The Bertz CT molecular complexity index is 316. The Kier molecular flexibility index (Phi) is 5.49. The molecule has 0 bridgehead atoms. The molecule has 0 aliphatic carbocycles. The molecule has 0 amide bonds. The zero-order valence-corrected chi connectivity index (χ0v) is 11.5. The van der Waals surface area contributed by atoms with E-state index in [1.54, 1.807) is 7.11 Å². The highest BCUT2D eigenvalue weighted by Gasteiger charge is 2.19. The Hall–Kier alpha value is -1.02. The van der Waals surface area contributed by atoms with E-state index in [1.807, 2.05) is 12.1 Å². The van der Waals surface area contributed by atoms with Gasteiger partial charge in [0.2, 0.25) is 0 Å². The summed E-state index contributed by atoms with van der Waals surface area (Å²) in [6.45, 7) is 8.97. The third kappa shape index (κ3) is 4.39. The molecule has 1 N–H and O–H groups in total. The molecule has 96 valence electrons. The first-order chi connectivity index (χ1) is 8.10. The average Bonchev–Trinajstić information content (AvgIpc) is 2.35. The summed E-state index contributed by atoms with van der Waals surface area (Å²) >= 11 is 0. The van der Waals surface area contributed by atoms with Gasteiger partial charge in [-0.1, -0.05) is 32.9 Å². The van der Waals surface area contributed by atoms with E-state index >= 15 is 0 Å². The van der Waals surface area contributed by atoms with Gasteiger partial charge >= 0.3 is 0 Å². The molecule has 0 radical (unpaired) electrons. The highest BCUT2D eigenvalue weighted by Crippen LogP contribution is 2.27. The summed E-state index contributed by atoms with van der Waals surface area (Å²) in [4.78, 5) is 0. The monoisotopic (exact) mass is 235 g/mol. The fourth-order valence-corrected chi connectivity index (χ4v) is 1.89. The summed E-state index contributed by atoms with van der Waals surface area (Å²) in [5.74, 6) is 0.925. The van der Waals surface area contributed by atoms with Crippen molar-refractivity contribution in [2.75, 3.05) is 20.2 Å². The van der Waals surface area contributed by atoms with Crippen LogP contribution in [0.2, 0.25) is 0 Å². The molecule has 2 heteroatoms. The predicted molar refractivity (Wildman–Crippen MR) is 73.8 cm³/mol. The smallest absolute Gasteiger partial charge is 0.118 e. The van der Waals surface area contributed by atoms with Crippen molar-refractivity contribution in [2.24, 2.45) is 0 Å². The molecule has 0 saturated carbocycles. The third-order valence-electron chi connectivity index (χ3n) is 3.23. The summed E-state index contributed by atoms with van der Waals surface area (Å²) in [5.41, 5.74) is 1.59. The number of hydrogen-bond acceptors (Lipinski definition) is 2. The van der Waals surface area contributed by atoms with E-state index in [-0.39, 0.29) is 5.41 Å². The second-order valence-corrected chi connectivity index (χ2v) is 5.11. The first-order valence-corrected chi connectivity index (χ1v) is 6.45. The number of hydrogen-bond donors (Lipinski definition) is 1. The summed E-state index contributed by atoms with van der Waals surface area (Å²) in [6.07, 6.45) is 2.35. The van der Waals surface area contributed by atoms with Crippen LogP contribution in [0, 0.1) is 0 Å². The lowest BCUT2D eigenvalue weighted by Crippen LogP contribution is -2.25. The van der Waals surface area contributed by atoms with Gasteiger partial charge in [-0.3, -0.25) is 0 Å². The Morgan fingerprint density at radius 3 is 2.29 bits per heavy atom. The first kappa shape index (κ1) is 14.0. The number of benzene rings is 1. The highest BCUT2D eigenvalue weighted by atomic mass is 16.5. The second-order valence-electron chi connectivity index (χ2n) is 5.11. The Balaban J connectivity index is 2.55. The Morgan fingerprint density at radius 1 is 1.12 bits per heavy atom. The summed E-state index contributed by atoms with van der Waals surface area (Å²) in [6, 6.07) is 8.41. The molecule has 0 saturated heterocycles. The molecule has 2 nitrogen and oxygen atoms in total. The maximum Gasteiger partial charge on any atom is 0.118 e. The molecule has 1 rings (SSSR count). The van der Waals surface area contributed by atoms with Crippen LogP contribution in [-0.2, 0) is 5.41 Å². The highest BCUT2D eigenvalue weighted by molar-refractivity contribution is 5.31. The van der Waals surface area contributed by atoms with Gasteiger partial charge in [0.25, 0.3) is 0 Å². The normalized spacial score (nSPS) is 11.5. The van der Waals surface area contributed by atoms with Gasteiger partial charge < -0.3 is 10.1 Å². The lowest BCUT2D eigenvalue weighted by Gasteiger charge is -2.25. The van der Waals surface area contributed by atoms with Gasteiger partial charge in [0, 0.05) is 0 Å². The quantitative estimate of drug-likeness (QED) is 0.732. The second kappa shape index (κ2) is 6.65. The van der Waals surface area contributed by atoms with Crippen LogP contribution in [-0.4, -0.2) is 20.2 Å². The van der Waals surface area contributed by atoms with Crippen molar-refractivity contribution in [3.8, 4) is 5.75 Å². The maximum absolute atomic E-state index is 5.18. The zero-order chi connectivity index (χ0) is 12.7. The van der Waals surface area contributed by atoms with Crippen LogP contribution in [0.25, 0.3) is 0 Å². The molecule has 0 atom stereocenters. The van der Waals surface area contributed by atoms with E-state index in [0.717, 1.165) is 25.3 Å². The largest absolute Gasteiger partial charge is 0.497 e. The van der Waals surface area contributed by atoms with E-state index in [0.29, 0.717) is 0 Å². The topological polar surface area (TPSA) is 21.3 Å². The average molecular weight is 235 g/mol. The van der Waals surface area contributed by atoms with E-state index in [2.05, 4.69) is 38.2 Å². The summed E-state index contributed by atoms with van der Waals surface area (Å²) in [7, 11) is 1.70. The predicted octanol–water partition coefficient (Wildman–Crippen LogP) is 3.36. The van der Waals surface area contributed by atoms with Gasteiger partial charge in [0.15, 0.2) is 0 Å². The fourth-order valence-electron chi connectivity index (χ4n) is 1.89. The van der Waals surface area contributed by atoms with Crippen molar-refractivity contribution in [3.05, 3.63) is 29.8 Å². The van der Waals surface area contributed by atoms with Crippen LogP contribution < -0.4 is 10.1 Å². The van der Waals surface area contributed by atoms with Crippen LogP contribution in [0.3, 0.4) is 0 Å². The molecule has 1 aromatic rings. The van der Waals surface area contributed by atoms with Gasteiger partial charge in [0.1, 0.15) is 5.75 Å². The minimum absolute atomic E-state index is 0.215. The molecule has 0 fully saturated rings. The van der Waals surface area contributed by atoms with E-state index in [1.165, 1.54) is 12.0 Å². The van der Waals surface area contributed by atoms with Gasteiger partial charge in [-0.2, -0.15) is 0 Å². The lowest BCUT2D eigenvalue weighted by molar-refractivity contribution is 0.413. The Morgan fingerprint density at radius 2 is 1.76 bits per heavy atom.